The summed E-state index contributed by atoms with van der Waals surface area (Å²) in [7, 11) is 0. The molecule has 0 bridgehead atoms. The van der Waals surface area contributed by atoms with Crippen molar-refractivity contribution in [3.63, 3.8) is 0 Å². The molecule has 30 heavy (non-hydrogen) atoms. The normalized spacial score (nSPS) is 22.1. The zero-order valence-corrected chi connectivity index (χ0v) is 17.3. The van der Waals surface area contributed by atoms with Gasteiger partial charge in [0, 0.05) is 51.7 Å². The van der Waals surface area contributed by atoms with Crippen LogP contribution in [0.5, 0.6) is 0 Å². The average molecular weight is 404 g/mol. The Bertz CT molecular complexity index is 876. The summed E-state index contributed by atoms with van der Waals surface area (Å²) in [6.45, 7) is 8.40. The van der Waals surface area contributed by atoms with Crippen LogP contribution in [0.4, 0.5) is 0 Å². The van der Waals surface area contributed by atoms with Gasteiger partial charge in [0.1, 0.15) is 0 Å². The van der Waals surface area contributed by atoms with Crippen molar-refractivity contribution in [2.75, 3.05) is 39.3 Å². The third-order valence-corrected chi connectivity index (χ3v) is 6.27. The summed E-state index contributed by atoms with van der Waals surface area (Å²) in [5.41, 5.74) is 2.50. The van der Waals surface area contributed by atoms with Gasteiger partial charge in [0.2, 0.25) is 11.8 Å². The van der Waals surface area contributed by atoms with Crippen molar-refractivity contribution in [3.05, 3.63) is 84.4 Å². The van der Waals surface area contributed by atoms with Crippen molar-refractivity contribution in [1.82, 2.24) is 14.7 Å². The third-order valence-electron chi connectivity index (χ3n) is 6.27. The molecule has 4 rings (SSSR count). The van der Waals surface area contributed by atoms with Crippen molar-refractivity contribution in [1.29, 1.82) is 0 Å². The van der Waals surface area contributed by atoms with E-state index < -0.39 is 0 Å². The molecule has 2 fully saturated rings. The number of carbonyl (C=O) groups is 2. The van der Waals surface area contributed by atoms with Crippen LogP contribution in [0.15, 0.2) is 73.3 Å². The standard InChI is InChI=1S/C25H29N3O2/c1-2-24(29)27-13-15-28(16-14-27)25(30)23-19-26(17-20-9-5-3-6-10-20)18-22(23)21-11-7-4-8-12-21/h2-12,22-23H,1,13-19H2/t22-,23+/m0/s1. The van der Waals surface area contributed by atoms with E-state index in [4.69, 9.17) is 0 Å². The minimum absolute atomic E-state index is 0.0563. The monoisotopic (exact) mass is 403 g/mol. The Kier molecular flexibility index (Phi) is 6.29. The smallest absolute Gasteiger partial charge is 0.246 e. The van der Waals surface area contributed by atoms with Gasteiger partial charge >= 0.3 is 0 Å². The van der Waals surface area contributed by atoms with Gasteiger partial charge in [0.25, 0.3) is 0 Å². The van der Waals surface area contributed by atoms with Gasteiger partial charge in [-0.25, -0.2) is 0 Å². The maximum Gasteiger partial charge on any atom is 0.246 e. The van der Waals surface area contributed by atoms with Gasteiger partial charge < -0.3 is 9.80 Å². The molecule has 2 aliphatic heterocycles. The molecule has 5 nitrogen and oxygen atoms in total. The van der Waals surface area contributed by atoms with E-state index in [0.29, 0.717) is 26.2 Å². The summed E-state index contributed by atoms with van der Waals surface area (Å²) >= 11 is 0. The molecule has 2 heterocycles. The molecule has 0 N–H and O–H groups in total. The molecule has 2 aliphatic rings. The Hall–Kier alpha value is -2.92. The van der Waals surface area contributed by atoms with Crippen molar-refractivity contribution in [2.24, 2.45) is 5.92 Å². The van der Waals surface area contributed by atoms with E-state index in [-0.39, 0.29) is 23.7 Å². The number of benzene rings is 2. The highest BCUT2D eigenvalue weighted by Crippen LogP contribution is 2.35. The molecular weight excluding hydrogens is 374 g/mol. The lowest BCUT2D eigenvalue weighted by atomic mass is 9.88. The lowest BCUT2D eigenvalue weighted by molar-refractivity contribution is -0.140. The Morgan fingerprint density at radius 2 is 1.47 bits per heavy atom. The van der Waals surface area contributed by atoms with Gasteiger partial charge in [-0.2, -0.15) is 0 Å². The van der Waals surface area contributed by atoms with Crippen LogP contribution in [-0.4, -0.2) is 65.8 Å². The summed E-state index contributed by atoms with van der Waals surface area (Å²) in [6.07, 6.45) is 1.35. The molecule has 0 saturated carbocycles. The molecule has 2 aromatic carbocycles. The van der Waals surface area contributed by atoms with Gasteiger partial charge in [-0.05, 0) is 17.2 Å². The molecule has 2 aromatic rings. The zero-order chi connectivity index (χ0) is 20.9. The first kappa shape index (κ1) is 20.4. The number of hydrogen-bond acceptors (Lipinski definition) is 3. The van der Waals surface area contributed by atoms with Crippen LogP contribution in [0, 0.1) is 5.92 Å². The molecule has 2 atom stereocenters. The first-order valence-corrected chi connectivity index (χ1v) is 10.7. The highest BCUT2D eigenvalue weighted by Gasteiger charge is 2.40. The fraction of sp³-hybridized carbons (Fsp3) is 0.360. The van der Waals surface area contributed by atoms with Gasteiger partial charge in [0.05, 0.1) is 5.92 Å². The average Bonchev–Trinajstić information content (AvgIpc) is 3.23. The van der Waals surface area contributed by atoms with E-state index in [1.807, 2.05) is 17.0 Å². The zero-order valence-electron chi connectivity index (χ0n) is 17.3. The van der Waals surface area contributed by atoms with Crippen LogP contribution in [-0.2, 0) is 16.1 Å². The third kappa shape index (κ3) is 4.46. The molecule has 2 amide bonds. The minimum atomic E-state index is -0.0576. The topological polar surface area (TPSA) is 43.9 Å². The molecule has 0 aromatic heterocycles. The lowest BCUT2D eigenvalue weighted by Gasteiger charge is -2.36. The molecule has 0 aliphatic carbocycles. The fourth-order valence-electron chi connectivity index (χ4n) is 4.66. The summed E-state index contributed by atoms with van der Waals surface area (Å²) in [5, 5.41) is 0. The number of carbonyl (C=O) groups excluding carboxylic acids is 2. The molecule has 5 heteroatoms. The summed E-state index contributed by atoms with van der Waals surface area (Å²) in [6, 6.07) is 20.8. The largest absolute Gasteiger partial charge is 0.339 e. The fourth-order valence-corrected chi connectivity index (χ4v) is 4.66. The maximum absolute atomic E-state index is 13.5. The highest BCUT2D eigenvalue weighted by atomic mass is 16.2. The van der Waals surface area contributed by atoms with Crippen molar-refractivity contribution in [3.8, 4) is 0 Å². The molecule has 0 unspecified atom stereocenters. The number of piperazine rings is 1. The number of hydrogen-bond donors (Lipinski definition) is 0. The van der Waals surface area contributed by atoms with E-state index in [2.05, 4.69) is 60.0 Å². The van der Waals surface area contributed by atoms with Crippen LogP contribution in [0.1, 0.15) is 17.0 Å². The molecule has 0 spiro atoms. The molecule has 2 saturated heterocycles. The van der Waals surface area contributed by atoms with E-state index in [9.17, 15) is 9.59 Å². The first-order chi connectivity index (χ1) is 14.7. The molecular formula is C25H29N3O2. The van der Waals surface area contributed by atoms with Crippen LogP contribution in [0.2, 0.25) is 0 Å². The van der Waals surface area contributed by atoms with Crippen molar-refractivity contribution < 1.29 is 9.59 Å². The SMILES string of the molecule is C=CC(=O)N1CCN(C(=O)[C@@H]2CN(Cc3ccccc3)C[C@H]2c2ccccc2)CC1. The van der Waals surface area contributed by atoms with E-state index in [1.165, 1.54) is 17.2 Å². The van der Waals surface area contributed by atoms with Crippen LogP contribution < -0.4 is 0 Å². The predicted octanol–water partition coefficient (Wildman–Crippen LogP) is 2.76. The number of amides is 2. The second kappa shape index (κ2) is 9.26. The van der Waals surface area contributed by atoms with E-state index in [1.54, 1.807) is 4.90 Å². The van der Waals surface area contributed by atoms with Crippen molar-refractivity contribution in [2.45, 2.75) is 12.5 Å². The van der Waals surface area contributed by atoms with Gasteiger partial charge in [0.15, 0.2) is 0 Å². The Morgan fingerprint density at radius 1 is 0.867 bits per heavy atom. The maximum atomic E-state index is 13.5. The van der Waals surface area contributed by atoms with E-state index in [0.717, 1.165) is 19.6 Å². The second-order valence-corrected chi connectivity index (χ2v) is 8.16. The molecule has 156 valence electrons. The lowest BCUT2D eigenvalue weighted by Crippen LogP contribution is -2.52. The highest BCUT2D eigenvalue weighted by molar-refractivity contribution is 5.87. The Balaban J connectivity index is 1.48. The minimum Gasteiger partial charge on any atom is -0.339 e. The van der Waals surface area contributed by atoms with Gasteiger partial charge in [-0.3, -0.25) is 14.5 Å². The predicted molar refractivity (Wildman–Crippen MR) is 118 cm³/mol. The Labute approximate surface area is 178 Å². The van der Waals surface area contributed by atoms with E-state index >= 15 is 0 Å². The van der Waals surface area contributed by atoms with Gasteiger partial charge in [-0.15, -0.1) is 0 Å². The summed E-state index contributed by atoms with van der Waals surface area (Å²) < 4.78 is 0. The van der Waals surface area contributed by atoms with Crippen LogP contribution in [0.25, 0.3) is 0 Å². The second-order valence-electron chi connectivity index (χ2n) is 8.16. The quantitative estimate of drug-likeness (QED) is 0.721. The van der Waals surface area contributed by atoms with Crippen molar-refractivity contribution >= 4 is 11.8 Å². The summed E-state index contributed by atoms with van der Waals surface area (Å²) in [4.78, 5) is 31.5. The number of likely N-dealkylation sites (tertiary alicyclic amines) is 1. The molecule has 0 radical (unpaired) electrons. The van der Waals surface area contributed by atoms with Crippen LogP contribution >= 0.6 is 0 Å². The summed E-state index contributed by atoms with van der Waals surface area (Å²) in [5.74, 6) is 0.289. The Morgan fingerprint density at radius 3 is 2.10 bits per heavy atom. The van der Waals surface area contributed by atoms with Crippen LogP contribution in [0.3, 0.4) is 0 Å². The first-order valence-electron chi connectivity index (χ1n) is 10.7. The number of nitrogens with zero attached hydrogens (tertiary/aromatic N) is 3. The van der Waals surface area contributed by atoms with Gasteiger partial charge in [-0.1, -0.05) is 67.2 Å². The number of rotatable bonds is 5.